The monoisotopic (exact) mass is 2410 g/mol. The van der Waals surface area contributed by atoms with E-state index in [1.807, 2.05) is 0 Å². The summed E-state index contributed by atoms with van der Waals surface area (Å²) in [5.41, 5.74) is 0. The molecule has 8 aliphatic heterocycles. The van der Waals surface area contributed by atoms with E-state index in [1.54, 1.807) is 0 Å². The van der Waals surface area contributed by atoms with Gasteiger partial charge in [0.2, 0.25) is 6.29 Å². The van der Waals surface area contributed by atoms with E-state index in [-0.39, 0.29) is 0 Å². The largest absolute Gasteiger partial charge is 0.479 e. The van der Waals surface area contributed by atoms with Gasteiger partial charge in [-0.2, -0.15) is 128 Å². The van der Waals surface area contributed by atoms with Gasteiger partial charge in [0, 0.05) is 7.11 Å². The number of carboxylic acid groups (broad SMARTS) is 4. The second-order valence-corrected chi connectivity index (χ2v) is 43.8. The zero-order valence-corrected chi connectivity index (χ0v) is 79.8. The molecule has 29 N–H and O–H groups in total. The van der Waals surface area contributed by atoms with Crippen LogP contribution in [-0.2, 0) is 267 Å². The van der Waals surface area contributed by atoms with Crippen LogP contribution in [0.5, 0.6) is 0 Å². The van der Waals surface area contributed by atoms with Crippen LogP contribution in [0.1, 0.15) is 0 Å². The molecule has 0 aromatic heterocycles. The second kappa shape index (κ2) is 47.3. The summed E-state index contributed by atoms with van der Waals surface area (Å²) in [6.07, 6.45) is -120. The fraction of sp³-hybridized carbons (Fsp3) is 0.917. The quantitative estimate of drug-likeness (QED) is 0.0252. The highest BCUT2D eigenvalue weighted by Crippen LogP contribution is 2.43. The highest BCUT2D eigenvalue weighted by atomic mass is 32.3. The van der Waals surface area contributed by atoms with Gasteiger partial charge in [0.15, 0.2) is 99.2 Å². The van der Waals surface area contributed by atoms with E-state index in [1.165, 1.54) is 4.72 Å². The molecule has 145 heavy (non-hydrogen) atoms. The van der Waals surface area contributed by atoms with Crippen molar-refractivity contribution in [1.82, 2.24) is 18.9 Å². The summed E-state index contributed by atoms with van der Waals surface area (Å²) in [5.74, 6) is -10.6. The molecule has 1 unspecified atom stereocenters. The zero-order chi connectivity index (χ0) is 111. The lowest BCUT2D eigenvalue weighted by molar-refractivity contribution is -0.380. The van der Waals surface area contributed by atoms with Crippen molar-refractivity contribution >= 4 is 159 Å². The van der Waals surface area contributed by atoms with Gasteiger partial charge in [-0.15, -0.1) is 0 Å². The topological polar surface area (TPSA) is 1300 Å². The fourth-order valence-electron chi connectivity index (χ4n) is 14.3. The number of aliphatic hydroxyl groups is 8. The maximum Gasteiger partial charge on any atom is 0.399 e. The molecule has 0 amide bonds. The number of ether oxygens (including phenoxy) is 16. The Labute approximate surface area is 808 Å². The Hall–Kier alpha value is -4.77. The Morgan fingerprint density at radius 3 is 0.717 bits per heavy atom. The Bertz CT molecular complexity index is 6190. The van der Waals surface area contributed by atoms with E-state index >= 15 is 0 Å². The molecule has 0 saturated carbocycles. The average Bonchev–Trinajstić information content (AvgIpc) is 0.738. The first-order valence-electron chi connectivity index (χ1n) is 37.0. The van der Waals surface area contributed by atoms with Crippen molar-refractivity contribution < 1.29 is 363 Å². The van der Waals surface area contributed by atoms with Gasteiger partial charge in [-0.3, -0.25) is 59.2 Å². The van der Waals surface area contributed by atoms with Gasteiger partial charge in [0.25, 0.3) is 0 Å². The van der Waals surface area contributed by atoms with Gasteiger partial charge in [-0.25, -0.2) is 56.8 Å². The molecule has 0 aromatic rings. The van der Waals surface area contributed by atoms with Gasteiger partial charge in [0.05, 0.1) is 19.8 Å². The van der Waals surface area contributed by atoms with Crippen LogP contribution in [0.4, 0.5) is 0 Å². The summed E-state index contributed by atoms with van der Waals surface area (Å²) in [4.78, 5) is 52.2. The molecule has 0 aromatic carbocycles. The minimum absolute atomic E-state index is 0.588. The number of hydrogen-bond donors (Lipinski definition) is 29. The van der Waals surface area contributed by atoms with Crippen LogP contribution in [0.25, 0.3) is 0 Å². The van der Waals surface area contributed by atoms with E-state index in [9.17, 15) is 249 Å². The Morgan fingerprint density at radius 2 is 0.448 bits per heavy atom. The van der Waals surface area contributed by atoms with Crippen LogP contribution in [0, 0.1) is 0 Å². The Balaban J connectivity index is 1.19. The summed E-state index contributed by atoms with van der Waals surface area (Å²) < 4.78 is 580. The zero-order valence-electron chi connectivity index (χ0n) is 69.2. The second-order valence-electron chi connectivity index (χ2n) is 29.5. The van der Waals surface area contributed by atoms with Gasteiger partial charge in [-0.1, -0.05) is 0 Å². The van der Waals surface area contributed by atoms with Crippen LogP contribution in [0.3, 0.4) is 0 Å². The third-order valence-electron chi connectivity index (χ3n) is 19.5. The number of methoxy groups -OCH3 is 1. The minimum Gasteiger partial charge on any atom is -0.479 e. The SMILES string of the molecule is CO[C@H]1O[C@H](OS(=O)(=O)O)[C@@H](O[C@@H]2O[C@H](C(=O)O)C(O[C@H]3O[C@H](COS(=O)(=O)O)[C@@H](O[C@@H]4O[C@H](C(=O)O)[C@@H](O[C@H]5O[C@H](COS(=O)(=O)O)[C@@H](O[C@@H]6O[C@H](C(=O)O)[C@@H](O[C@H]7O[C@H](COS(=O)(=O)O)[C@@H](O[C@@H]8O[C@H](C(=O)O)[C@@H](O)[C@H](O)[C@H]8OS(=O)(=O)O)[C@H](O)[C@H]7NS(=O)(=O)O)[C@H](O)[C@H]6OS(=O)(=O)O)[C@H](O)[C@H]5NS(=O)(=O)O)[C@H](O)[C@H]4OS(=O)(=O)O)[C@H](OS(=O)(=O)O)[C@H]3NS(=O)(=O)O)[C@H](O)[C@H]2OS(=O)(=O)O)[C@H](O)[C@H]1NS(=O)(=O)O. The van der Waals surface area contributed by atoms with E-state index in [0.29, 0.717) is 7.11 Å². The molecule has 8 fully saturated rings. The predicted molar refractivity (Wildman–Crippen MR) is 410 cm³/mol. The number of carboxylic acids is 4. The van der Waals surface area contributed by atoms with Crippen molar-refractivity contribution in [2.45, 2.75) is 246 Å². The molecule has 0 bridgehead atoms. The highest BCUT2D eigenvalue weighted by molar-refractivity contribution is 7.85. The molecule has 0 radical (unpaired) electrons. The molecular formula is C48H78N4O80S13. The van der Waals surface area contributed by atoms with Crippen molar-refractivity contribution in [3.8, 4) is 0 Å². The predicted octanol–water partition coefficient (Wildman–Crippen LogP) is -21.4. The molecule has 8 rings (SSSR count). The lowest BCUT2D eigenvalue weighted by Crippen LogP contribution is -2.72. The maximum atomic E-state index is 13.6. The minimum atomic E-state index is -6.74. The average molecular weight is 2410 g/mol. The summed E-state index contributed by atoms with van der Waals surface area (Å²) >= 11 is 0. The van der Waals surface area contributed by atoms with Crippen LogP contribution in [-0.4, -0.2) is 526 Å². The smallest absolute Gasteiger partial charge is 0.399 e. The molecule has 8 aliphatic rings. The summed E-state index contributed by atoms with van der Waals surface area (Å²) in [6, 6.07) is -12.8. The molecule has 84 nitrogen and oxygen atoms in total. The van der Waals surface area contributed by atoms with Crippen molar-refractivity contribution in [3.63, 3.8) is 0 Å². The molecule has 40 atom stereocenters. The van der Waals surface area contributed by atoms with Crippen molar-refractivity contribution in [3.05, 3.63) is 0 Å². The van der Waals surface area contributed by atoms with Crippen molar-refractivity contribution in [2.24, 2.45) is 0 Å². The van der Waals surface area contributed by atoms with Gasteiger partial charge >= 0.3 is 159 Å². The van der Waals surface area contributed by atoms with Crippen LogP contribution >= 0.6 is 0 Å². The molecule has 97 heteroatoms. The standard InChI is InChI=1S/C48H78N4O80S13/c1-108-40-8(49-133(69,70)71)14(55)28(48(126-40)132-145(105,106)107)122-47-32(131-144(102,103)104)19(60)26(35(125-47)39(67)68)120-43-11(52-136(78,79)80)23(127-140(90,91)92)22(7(114-43)4-111-139(87,88)89)117-46-31(130-143(99,100)101)18(59)25(34(124-46)38(65)66)119-42-10(51-135(75,76)77)13(54)21(6(113-42)3-110-138(84,85)86)116-45-30(129-142(96,97)98)17(58)24(33(123-45)37(63)64)118-41-9(50-134(72,73)74)12(53)20(5(112-41)2-109-137(81,82)83)115-44-29(128-141(93,94)95)16(57)15(56)27(121-44)36(61)62/h5-35,40-60H,2-4H2,1H3,(H,61,62)(H,63,64)(H,65,66)(H,67,68)(H,69,70,71)(H,72,73,74)(H,75,76,77)(H,78,79,80)(H,81,82,83)(H,84,85,86)(H,87,88,89)(H,90,91,92)(H,93,94,95)(H,96,97,98)(H,99,100,101)(H,102,103,104)(H,105,106,107)/t5-,6-,7-,8-,9-,10-,11-,12-,13-,14-,15+,16+,17+,18+,19+,20-,21-,22-,23-,24+,25+,26?,27+,28+,29-,30-,31-,32-,33+,34+,35+,40+,41-,42-,43-,44-,45-,46-,47-,48-/m1/s1. The highest BCUT2D eigenvalue weighted by Gasteiger charge is 2.66. The van der Waals surface area contributed by atoms with E-state index in [4.69, 9.17) is 75.8 Å². The first-order valence-corrected chi connectivity index (χ1v) is 55.0. The Morgan fingerprint density at radius 1 is 0.221 bits per heavy atom. The molecule has 0 aliphatic carbocycles. The van der Waals surface area contributed by atoms with Crippen LogP contribution < -0.4 is 18.9 Å². The molecule has 8 saturated heterocycles. The maximum absolute atomic E-state index is 13.6. The number of rotatable bonds is 48. The number of carbonyl (C=O) groups is 4. The van der Waals surface area contributed by atoms with Crippen LogP contribution in [0.15, 0.2) is 0 Å². The number of hydrogen-bond acceptors (Lipinski definition) is 63. The molecule has 0 spiro atoms. The van der Waals surface area contributed by atoms with Gasteiger partial charge in [0.1, 0.15) is 140 Å². The normalized spacial score (nSPS) is 38.8. The third-order valence-corrected chi connectivity index (χ3v) is 25.9. The van der Waals surface area contributed by atoms with Crippen molar-refractivity contribution in [2.75, 3.05) is 26.9 Å². The first kappa shape index (κ1) is 125. The number of aliphatic hydroxyl groups excluding tert-OH is 8. The molecular weight excluding hydrogens is 2330 g/mol. The summed E-state index contributed by atoms with van der Waals surface area (Å²) in [7, 11) is -80.7. The van der Waals surface area contributed by atoms with Gasteiger partial charge < -0.3 is 137 Å². The lowest BCUT2D eigenvalue weighted by atomic mass is 9.94. The van der Waals surface area contributed by atoms with E-state index in [2.05, 4.69) is 37.6 Å². The summed E-state index contributed by atoms with van der Waals surface area (Å²) in [6.45, 7) is -6.55. The third kappa shape index (κ3) is 36.2. The number of nitrogens with one attached hydrogen (secondary N) is 4. The molecule has 848 valence electrons. The van der Waals surface area contributed by atoms with E-state index < -0.39 is 424 Å². The van der Waals surface area contributed by atoms with Crippen molar-refractivity contribution in [1.29, 1.82) is 0 Å². The fourth-order valence-corrected chi connectivity index (χ4v) is 20.5. The first-order chi connectivity index (χ1) is 65.5. The molecule has 8 heterocycles. The lowest BCUT2D eigenvalue weighted by Gasteiger charge is -2.51. The number of aliphatic carboxylic acids is 4. The Kier molecular flexibility index (Phi) is 40.9. The van der Waals surface area contributed by atoms with E-state index in [0.717, 1.165) is 14.2 Å². The summed E-state index contributed by atoms with van der Waals surface area (Å²) in [5, 5.41) is 134. The van der Waals surface area contributed by atoms with Crippen LogP contribution in [0.2, 0.25) is 0 Å². The van der Waals surface area contributed by atoms with Gasteiger partial charge in [-0.05, 0) is 0 Å².